The van der Waals surface area contributed by atoms with Gasteiger partial charge in [-0.15, -0.1) is 0 Å². The lowest BCUT2D eigenvalue weighted by Crippen LogP contribution is -2.37. The molecule has 4 rings (SSSR count). The molecule has 3 aliphatic heterocycles. The smallest absolute Gasteiger partial charge is 0.306 e. The number of carbonyl (C=O) groups is 1. The van der Waals surface area contributed by atoms with Gasteiger partial charge in [-0.3, -0.25) is 14.6 Å². The van der Waals surface area contributed by atoms with Gasteiger partial charge in [0.25, 0.3) is 0 Å². The first kappa shape index (κ1) is 60.5. The molecule has 60 heavy (non-hydrogen) atoms. The topological polar surface area (TPSA) is 63.7 Å². The average molecular weight is 850 g/mol. The van der Waals surface area contributed by atoms with Crippen LogP contribution < -0.4 is 0 Å². The molecular weight excluding hydrogens is 747 g/mol. The van der Waals surface area contributed by atoms with E-state index in [-0.39, 0.29) is 5.97 Å². The Bertz CT molecular complexity index is 1030. The first-order valence-corrected chi connectivity index (χ1v) is 24.5. The number of morpholine rings is 2. The molecular formula is C52H103N3O5. The standard InChI is InChI=1S/C11H16.C10H21NO.C9H19NO.C9H19N.C7H14O2.C6H14O/c1-9(2)8-11-6-4-10(3)5-7-11;1-10(2)4-3-5-11-6-8-12-9-7-11;1-9(2)3-4-10-5-7-11-8-6-10;1-9(2)5-8-10-6-3-4-7-10;1-4-9-7(8)5-6(2)3;1-6(2)4-5-7-3/h4-7,9H,8H2,1-3H3;10H,3-9H2,1-2H3;9H,3-8H2,1-2H3;9H,3-8H2,1-2H3;6H,4-5H2,1-3H3;6H,4-5H2,1-3H3. The van der Waals surface area contributed by atoms with Gasteiger partial charge in [0.05, 0.1) is 33.0 Å². The van der Waals surface area contributed by atoms with Crippen molar-refractivity contribution in [1.29, 1.82) is 0 Å². The molecule has 0 unspecified atom stereocenters. The number of hydrogen-bond acceptors (Lipinski definition) is 8. The molecule has 0 saturated carbocycles. The fourth-order valence-electron chi connectivity index (χ4n) is 6.36. The largest absolute Gasteiger partial charge is 0.466 e. The molecule has 3 saturated heterocycles. The third kappa shape index (κ3) is 44.5. The van der Waals surface area contributed by atoms with Crippen LogP contribution in [-0.2, 0) is 30.2 Å². The van der Waals surface area contributed by atoms with E-state index in [0.29, 0.717) is 18.9 Å². The van der Waals surface area contributed by atoms with Gasteiger partial charge in [-0.2, -0.15) is 0 Å². The summed E-state index contributed by atoms with van der Waals surface area (Å²) in [5, 5.41) is 0. The van der Waals surface area contributed by atoms with Crippen LogP contribution in [0, 0.1) is 42.4 Å². The van der Waals surface area contributed by atoms with Crippen molar-refractivity contribution >= 4 is 5.97 Å². The first-order valence-electron chi connectivity index (χ1n) is 24.5. The molecule has 0 bridgehead atoms. The number of carbonyl (C=O) groups excluding carboxylic acids is 1. The Morgan fingerprint density at radius 3 is 1.38 bits per heavy atom. The van der Waals surface area contributed by atoms with Crippen molar-refractivity contribution in [2.45, 2.75) is 155 Å². The minimum Gasteiger partial charge on any atom is -0.466 e. The maximum atomic E-state index is 10.6. The Morgan fingerprint density at radius 1 is 0.583 bits per heavy atom. The second-order valence-corrected chi connectivity index (χ2v) is 19.5. The number of hydrogen-bond donors (Lipinski definition) is 0. The van der Waals surface area contributed by atoms with Gasteiger partial charge in [0.15, 0.2) is 0 Å². The summed E-state index contributed by atoms with van der Waals surface area (Å²) in [6.07, 6.45) is 11.2. The van der Waals surface area contributed by atoms with Crippen molar-refractivity contribution in [3.63, 3.8) is 0 Å². The fourth-order valence-corrected chi connectivity index (χ4v) is 6.36. The molecule has 0 aromatic heterocycles. The SMILES string of the molecule is CC(C)CCCN1CCOCC1.CC(C)CCN1CCCC1.CC(C)CCN1CCOCC1.CCOC(=O)CC(C)C.COCCC(C)C.Cc1ccc(CC(C)C)cc1. The van der Waals surface area contributed by atoms with Gasteiger partial charge < -0.3 is 23.8 Å². The molecule has 8 nitrogen and oxygen atoms in total. The van der Waals surface area contributed by atoms with Gasteiger partial charge >= 0.3 is 5.97 Å². The van der Waals surface area contributed by atoms with Gasteiger partial charge in [0.1, 0.15) is 0 Å². The summed E-state index contributed by atoms with van der Waals surface area (Å²) in [5.74, 6) is 4.42. The van der Waals surface area contributed by atoms with Crippen LogP contribution in [0.1, 0.15) is 153 Å². The molecule has 8 heteroatoms. The highest BCUT2D eigenvalue weighted by atomic mass is 16.5. The molecule has 356 valence electrons. The molecule has 0 N–H and O–H groups in total. The lowest BCUT2D eigenvalue weighted by atomic mass is 10.0. The Hall–Kier alpha value is -1.55. The monoisotopic (exact) mass is 850 g/mol. The number of methoxy groups -OCH3 is 1. The van der Waals surface area contributed by atoms with E-state index < -0.39 is 0 Å². The molecule has 3 heterocycles. The number of nitrogens with zero attached hydrogens (tertiary/aromatic N) is 3. The molecule has 0 radical (unpaired) electrons. The van der Waals surface area contributed by atoms with Crippen LogP contribution >= 0.6 is 0 Å². The molecule has 3 aliphatic rings. The van der Waals surface area contributed by atoms with E-state index >= 15 is 0 Å². The van der Waals surface area contributed by atoms with Gasteiger partial charge in [0, 0.05) is 46.3 Å². The molecule has 0 atom stereocenters. The maximum absolute atomic E-state index is 10.6. The Kier molecular flexibility index (Phi) is 41.8. The predicted octanol–water partition coefficient (Wildman–Crippen LogP) is 11.7. The van der Waals surface area contributed by atoms with E-state index in [9.17, 15) is 4.79 Å². The summed E-state index contributed by atoms with van der Waals surface area (Å²) < 4.78 is 20.1. The van der Waals surface area contributed by atoms with E-state index in [1.54, 1.807) is 7.11 Å². The molecule has 1 aromatic carbocycles. The average Bonchev–Trinajstić information content (AvgIpc) is 3.72. The first-order chi connectivity index (χ1) is 28.5. The summed E-state index contributed by atoms with van der Waals surface area (Å²) in [6.45, 7) is 46.8. The lowest BCUT2D eigenvalue weighted by molar-refractivity contribution is -0.143. The zero-order valence-corrected chi connectivity index (χ0v) is 42.6. The Morgan fingerprint density at radius 2 is 1.02 bits per heavy atom. The highest BCUT2D eigenvalue weighted by Crippen LogP contribution is 2.11. The van der Waals surface area contributed by atoms with E-state index in [1.807, 2.05) is 20.8 Å². The third-order valence-electron chi connectivity index (χ3n) is 10.3. The Balaban J connectivity index is 0. The van der Waals surface area contributed by atoms with Crippen LogP contribution in [-0.4, -0.2) is 126 Å². The van der Waals surface area contributed by atoms with Crippen LogP contribution in [0.25, 0.3) is 0 Å². The quantitative estimate of drug-likeness (QED) is 0.135. The zero-order valence-electron chi connectivity index (χ0n) is 42.6. The predicted molar refractivity (Wildman–Crippen MR) is 260 cm³/mol. The number of rotatable bonds is 18. The van der Waals surface area contributed by atoms with Crippen LogP contribution in [0.3, 0.4) is 0 Å². The maximum Gasteiger partial charge on any atom is 0.306 e. The minimum atomic E-state index is -0.0903. The minimum absolute atomic E-state index is 0.0903. The van der Waals surface area contributed by atoms with E-state index in [0.717, 1.165) is 88.8 Å². The van der Waals surface area contributed by atoms with Crippen molar-refractivity contribution in [3.8, 4) is 0 Å². The van der Waals surface area contributed by atoms with Gasteiger partial charge in [-0.1, -0.05) is 113 Å². The van der Waals surface area contributed by atoms with Gasteiger partial charge in [-0.05, 0) is 139 Å². The Labute approximate surface area is 374 Å². The van der Waals surface area contributed by atoms with E-state index in [2.05, 4.69) is 115 Å². The number of likely N-dealkylation sites (tertiary alicyclic amines) is 1. The highest BCUT2D eigenvalue weighted by molar-refractivity contribution is 5.69. The van der Waals surface area contributed by atoms with Crippen LogP contribution in [0.2, 0.25) is 0 Å². The fraction of sp³-hybridized carbons (Fsp3) is 0.865. The molecule has 1 aromatic rings. The molecule has 3 fully saturated rings. The zero-order chi connectivity index (χ0) is 45.6. The molecule has 0 amide bonds. The summed E-state index contributed by atoms with van der Waals surface area (Å²) in [5.41, 5.74) is 2.79. The summed E-state index contributed by atoms with van der Waals surface area (Å²) in [7, 11) is 1.74. The number of ether oxygens (including phenoxy) is 4. The van der Waals surface area contributed by atoms with Crippen LogP contribution in [0.5, 0.6) is 0 Å². The number of aryl methyl sites for hydroxylation is 1. The van der Waals surface area contributed by atoms with E-state index in [4.69, 9.17) is 18.9 Å². The van der Waals surface area contributed by atoms with E-state index in [1.165, 1.54) is 95.2 Å². The van der Waals surface area contributed by atoms with Crippen molar-refractivity contribution in [2.24, 2.45) is 35.5 Å². The summed E-state index contributed by atoms with van der Waals surface area (Å²) >= 11 is 0. The second kappa shape index (κ2) is 41.5. The van der Waals surface area contributed by atoms with Crippen LogP contribution in [0.15, 0.2) is 24.3 Å². The number of esters is 1. The third-order valence-corrected chi connectivity index (χ3v) is 10.3. The van der Waals surface area contributed by atoms with Gasteiger partial charge in [0.2, 0.25) is 0 Å². The molecule has 0 aliphatic carbocycles. The summed E-state index contributed by atoms with van der Waals surface area (Å²) in [4.78, 5) is 18.2. The van der Waals surface area contributed by atoms with Crippen molar-refractivity contribution in [1.82, 2.24) is 14.7 Å². The van der Waals surface area contributed by atoms with Crippen molar-refractivity contribution < 1.29 is 23.7 Å². The van der Waals surface area contributed by atoms with Crippen LogP contribution in [0.4, 0.5) is 0 Å². The lowest BCUT2D eigenvalue weighted by Gasteiger charge is -2.26. The van der Waals surface area contributed by atoms with Crippen molar-refractivity contribution in [3.05, 3.63) is 35.4 Å². The highest BCUT2D eigenvalue weighted by Gasteiger charge is 2.12. The second-order valence-electron chi connectivity index (χ2n) is 19.5. The van der Waals surface area contributed by atoms with Crippen molar-refractivity contribution in [2.75, 3.05) is 106 Å². The normalized spacial score (nSPS) is 15.9. The summed E-state index contributed by atoms with van der Waals surface area (Å²) in [6, 6.07) is 8.79. The number of benzene rings is 1. The van der Waals surface area contributed by atoms with Gasteiger partial charge in [-0.25, -0.2) is 0 Å². The molecule has 0 spiro atoms.